The smallest absolute Gasteiger partial charge is 0.405 e. The van der Waals surface area contributed by atoms with Crippen molar-refractivity contribution in [3.05, 3.63) is 11.3 Å². The first-order valence-corrected chi connectivity index (χ1v) is 10.5. The summed E-state index contributed by atoms with van der Waals surface area (Å²) in [7, 11) is 0. The van der Waals surface area contributed by atoms with E-state index in [0.29, 0.717) is 70.6 Å². The number of nitrogens with one attached hydrogen (secondary N) is 2. The van der Waals surface area contributed by atoms with E-state index in [4.69, 9.17) is 9.84 Å². The molecule has 0 aromatic heterocycles. The van der Waals surface area contributed by atoms with Gasteiger partial charge >= 0.3 is 6.09 Å². The Morgan fingerprint density at radius 1 is 1.13 bits per heavy atom. The molecule has 0 bridgehead atoms. The molecule has 2 fully saturated rings. The average Bonchev–Trinajstić information content (AvgIpc) is 2.65. The Balaban J connectivity index is 1.83. The molecule has 0 aromatic carbocycles. The zero-order valence-electron chi connectivity index (χ0n) is 18.1. The van der Waals surface area contributed by atoms with Crippen LogP contribution in [0.4, 0.5) is 4.79 Å². The Bertz CT molecular complexity index is 688. The third-order valence-corrected chi connectivity index (χ3v) is 5.44. The molecule has 1 atom stereocenters. The lowest BCUT2D eigenvalue weighted by molar-refractivity contribution is -0.137. The monoisotopic (exact) mass is 423 g/mol. The summed E-state index contributed by atoms with van der Waals surface area (Å²) in [6.07, 6.45) is 1.17. The van der Waals surface area contributed by atoms with Crippen molar-refractivity contribution in [2.75, 3.05) is 32.8 Å². The second-order valence-electron chi connectivity index (χ2n) is 8.73. The van der Waals surface area contributed by atoms with Crippen molar-refractivity contribution in [1.82, 2.24) is 15.5 Å². The van der Waals surface area contributed by atoms with Gasteiger partial charge in [0.05, 0.1) is 18.8 Å². The Morgan fingerprint density at radius 2 is 1.73 bits per heavy atom. The fraction of sp³-hybridized carbons (Fsp3) is 0.714. The molecule has 1 saturated heterocycles. The summed E-state index contributed by atoms with van der Waals surface area (Å²) in [4.78, 5) is 49.9. The third-order valence-electron chi connectivity index (χ3n) is 5.44. The Kier molecular flexibility index (Phi) is 8.40. The normalized spacial score (nSPS) is 20.0. The van der Waals surface area contributed by atoms with Gasteiger partial charge < -0.3 is 25.4 Å². The second kappa shape index (κ2) is 10.6. The molecule has 1 saturated carbocycles. The summed E-state index contributed by atoms with van der Waals surface area (Å²) in [5.74, 6) is -0.473. The standard InChI is InChI=1S/C21H33N3O6/c1-14(18-16(25)12-21(2,3)13-17(18)26)22-7-5-4-6-15(23-20(28)29)19(27)24-8-10-30-11-9-24/h15,22-23H,4-13H2,1-3H3,(H,28,29). The van der Waals surface area contributed by atoms with Crippen LogP contribution >= 0.6 is 0 Å². The molecule has 0 aromatic rings. The molecular formula is C21H33N3O6. The maximum atomic E-state index is 12.6. The first-order chi connectivity index (χ1) is 14.1. The number of Topliss-reactive ketones (excluding diaryl/α,β-unsaturated/α-hetero) is 2. The average molecular weight is 424 g/mol. The Morgan fingerprint density at radius 3 is 2.30 bits per heavy atom. The summed E-state index contributed by atoms with van der Waals surface area (Å²) in [6, 6.07) is -0.788. The molecule has 0 spiro atoms. The predicted molar refractivity (Wildman–Crippen MR) is 110 cm³/mol. The van der Waals surface area contributed by atoms with Crippen molar-refractivity contribution in [3.8, 4) is 0 Å². The van der Waals surface area contributed by atoms with Crippen LogP contribution in [0.15, 0.2) is 11.3 Å². The molecule has 30 heavy (non-hydrogen) atoms. The van der Waals surface area contributed by atoms with E-state index in [9.17, 15) is 19.2 Å². The molecule has 2 amide bonds. The zero-order chi connectivity index (χ0) is 22.3. The Labute approximate surface area is 177 Å². The van der Waals surface area contributed by atoms with Gasteiger partial charge in [-0.05, 0) is 31.6 Å². The number of unbranched alkanes of at least 4 members (excludes halogenated alkanes) is 1. The fourth-order valence-corrected chi connectivity index (χ4v) is 3.93. The van der Waals surface area contributed by atoms with Crippen LogP contribution in [-0.4, -0.2) is 72.5 Å². The van der Waals surface area contributed by atoms with Gasteiger partial charge in [-0.15, -0.1) is 0 Å². The number of rotatable bonds is 8. The van der Waals surface area contributed by atoms with Crippen LogP contribution in [0.5, 0.6) is 0 Å². The summed E-state index contributed by atoms with van der Waals surface area (Å²) in [6.45, 7) is 7.94. The minimum Gasteiger partial charge on any atom is -0.465 e. The maximum absolute atomic E-state index is 12.6. The number of ether oxygens (including phenoxy) is 1. The van der Waals surface area contributed by atoms with Gasteiger partial charge in [0.15, 0.2) is 11.6 Å². The molecular weight excluding hydrogens is 390 g/mol. The molecule has 2 aliphatic rings. The maximum Gasteiger partial charge on any atom is 0.405 e. The van der Waals surface area contributed by atoms with Gasteiger partial charge in [-0.3, -0.25) is 14.4 Å². The van der Waals surface area contributed by atoms with E-state index in [2.05, 4.69) is 10.6 Å². The van der Waals surface area contributed by atoms with Crippen molar-refractivity contribution >= 4 is 23.6 Å². The van der Waals surface area contributed by atoms with E-state index in [0.717, 1.165) is 0 Å². The van der Waals surface area contributed by atoms with Crippen LogP contribution in [0.2, 0.25) is 0 Å². The highest BCUT2D eigenvalue weighted by Crippen LogP contribution is 2.34. The second-order valence-corrected chi connectivity index (χ2v) is 8.73. The van der Waals surface area contributed by atoms with Crippen molar-refractivity contribution in [1.29, 1.82) is 0 Å². The molecule has 9 heteroatoms. The van der Waals surface area contributed by atoms with E-state index in [1.165, 1.54) is 0 Å². The summed E-state index contributed by atoms with van der Waals surface area (Å²) >= 11 is 0. The van der Waals surface area contributed by atoms with Crippen LogP contribution in [0.25, 0.3) is 0 Å². The molecule has 1 heterocycles. The van der Waals surface area contributed by atoms with E-state index < -0.39 is 12.1 Å². The summed E-state index contributed by atoms with van der Waals surface area (Å²) in [5, 5.41) is 14.5. The number of morpholine rings is 1. The largest absolute Gasteiger partial charge is 0.465 e. The minimum absolute atomic E-state index is 0.122. The van der Waals surface area contributed by atoms with Gasteiger partial charge in [0.1, 0.15) is 6.04 Å². The van der Waals surface area contributed by atoms with E-state index in [-0.39, 0.29) is 28.5 Å². The summed E-state index contributed by atoms with van der Waals surface area (Å²) in [5.41, 5.74) is 0.559. The molecule has 1 aliphatic heterocycles. The minimum atomic E-state index is -1.22. The van der Waals surface area contributed by atoms with Gasteiger partial charge in [-0.2, -0.15) is 0 Å². The first-order valence-electron chi connectivity index (χ1n) is 10.5. The van der Waals surface area contributed by atoms with Gasteiger partial charge in [0.25, 0.3) is 0 Å². The highest BCUT2D eigenvalue weighted by molar-refractivity contribution is 6.22. The molecule has 168 valence electrons. The highest BCUT2D eigenvalue weighted by atomic mass is 16.5. The molecule has 1 aliphatic carbocycles. The summed E-state index contributed by atoms with van der Waals surface area (Å²) < 4.78 is 5.23. The van der Waals surface area contributed by atoms with E-state index in [1.807, 2.05) is 13.8 Å². The number of ketones is 2. The number of allylic oxidation sites excluding steroid dienone is 2. The van der Waals surface area contributed by atoms with Gasteiger partial charge in [-0.25, -0.2) is 4.79 Å². The highest BCUT2D eigenvalue weighted by Gasteiger charge is 2.36. The zero-order valence-corrected chi connectivity index (χ0v) is 18.1. The van der Waals surface area contributed by atoms with Crippen LogP contribution < -0.4 is 10.6 Å². The molecule has 2 rings (SSSR count). The van der Waals surface area contributed by atoms with Crippen LogP contribution in [-0.2, 0) is 19.1 Å². The molecule has 3 N–H and O–H groups in total. The third kappa shape index (κ3) is 6.83. The number of amides is 2. The SMILES string of the molecule is CC(NCCCCC(NC(=O)O)C(=O)N1CCOCC1)=C1C(=O)CC(C)(C)CC1=O. The van der Waals surface area contributed by atoms with E-state index >= 15 is 0 Å². The van der Waals surface area contributed by atoms with Crippen LogP contribution in [0, 0.1) is 5.41 Å². The van der Waals surface area contributed by atoms with Crippen molar-refractivity contribution in [2.24, 2.45) is 5.41 Å². The number of carbonyl (C=O) groups excluding carboxylic acids is 3. The number of hydrogen-bond acceptors (Lipinski definition) is 6. The van der Waals surface area contributed by atoms with Crippen LogP contribution in [0.1, 0.15) is 52.9 Å². The topological polar surface area (TPSA) is 125 Å². The van der Waals surface area contributed by atoms with Gasteiger partial charge in [0, 0.05) is 38.2 Å². The number of carboxylic acid groups (broad SMARTS) is 1. The van der Waals surface area contributed by atoms with Gasteiger partial charge in [-0.1, -0.05) is 13.8 Å². The lowest BCUT2D eigenvalue weighted by Gasteiger charge is -2.30. The van der Waals surface area contributed by atoms with Crippen molar-refractivity contribution < 1.29 is 29.0 Å². The number of nitrogens with zero attached hydrogens (tertiary/aromatic N) is 1. The van der Waals surface area contributed by atoms with E-state index in [1.54, 1.807) is 11.8 Å². The molecule has 9 nitrogen and oxygen atoms in total. The number of hydrogen-bond donors (Lipinski definition) is 3. The molecule has 1 unspecified atom stereocenters. The lowest BCUT2D eigenvalue weighted by Crippen LogP contribution is -2.51. The fourth-order valence-electron chi connectivity index (χ4n) is 3.93. The Hall–Kier alpha value is -2.42. The first kappa shape index (κ1) is 23.9. The van der Waals surface area contributed by atoms with Crippen molar-refractivity contribution in [3.63, 3.8) is 0 Å². The van der Waals surface area contributed by atoms with Gasteiger partial charge in [0.2, 0.25) is 5.91 Å². The number of carbonyl (C=O) groups is 4. The molecule has 0 radical (unpaired) electrons. The van der Waals surface area contributed by atoms with Crippen molar-refractivity contribution in [2.45, 2.75) is 58.9 Å². The lowest BCUT2D eigenvalue weighted by atomic mass is 9.73. The van der Waals surface area contributed by atoms with Crippen LogP contribution in [0.3, 0.4) is 0 Å². The quantitative estimate of drug-likeness (QED) is 0.307. The predicted octanol–water partition coefficient (Wildman–Crippen LogP) is 1.47.